The summed E-state index contributed by atoms with van der Waals surface area (Å²) < 4.78 is 33.2. The van der Waals surface area contributed by atoms with Crippen LogP contribution in [0.1, 0.15) is 27.7 Å². The molecule has 0 aliphatic carbocycles. The number of nitrogens with zero attached hydrogens (tertiary/aromatic N) is 1. The van der Waals surface area contributed by atoms with Gasteiger partial charge in [-0.15, -0.1) is 0 Å². The van der Waals surface area contributed by atoms with Gasteiger partial charge < -0.3 is 4.43 Å². The molecule has 7 nitrogen and oxygen atoms in total. The first-order valence-corrected chi connectivity index (χ1v) is 12.1. The Morgan fingerprint density at radius 2 is 1.75 bits per heavy atom. The van der Waals surface area contributed by atoms with E-state index in [-0.39, 0.29) is 22.2 Å². The summed E-state index contributed by atoms with van der Waals surface area (Å²) in [6.07, 6.45) is 0. The predicted molar refractivity (Wildman–Crippen MR) is 96.0 cm³/mol. The molecule has 24 heavy (non-hydrogen) atoms. The SMILES string of the molecule is C[C@H](CO[Si](C)(C)C(C)(C)C)NS(=O)(=O)c1ccc([N+](=O)[O-])cc1. The summed E-state index contributed by atoms with van der Waals surface area (Å²) in [6.45, 7) is 12.6. The van der Waals surface area contributed by atoms with Crippen LogP contribution >= 0.6 is 0 Å². The zero-order valence-corrected chi connectivity index (χ0v) is 16.8. The van der Waals surface area contributed by atoms with Gasteiger partial charge in [-0.3, -0.25) is 10.1 Å². The molecule has 0 radical (unpaired) electrons. The smallest absolute Gasteiger partial charge is 0.269 e. The molecule has 0 saturated carbocycles. The van der Waals surface area contributed by atoms with Crippen molar-refractivity contribution in [1.82, 2.24) is 4.72 Å². The first-order valence-electron chi connectivity index (χ1n) is 7.67. The molecule has 136 valence electrons. The molecule has 1 aromatic carbocycles. The van der Waals surface area contributed by atoms with Crippen molar-refractivity contribution < 1.29 is 17.8 Å². The summed E-state index contributed by atoms with van der Waals surface area (Å²) in [5.41, 5.74) is -0.150. The molecule has 1 atom stereocenters. The van der Waals surface area contributed by atoms with Crippen LogP contribution in [-0.4, -0.2) is 34.3 Å². The van der Waals surface area contributed by atoms with E-state index in [9.17, 15) is 18.5 Å². The Morgan fingerprint density at radius 1 is 1.25 bits per heavy atom. The molecule has 0 unspecified atom stereocenters. The first-order chi connectivity index (χ1) is 10.8. The number of nitro groups is 1. The van der Waals surface area contributed by atoms with Crippen molar-refractivity contribution in [3.05, 3.63) is 34.4 Å². The van der Waals surface area contributed by atoms with E-state index in [1.807, 2.05) is 0 Å². The fraction of sp³-hybridized carbons (Fsp3) is 0.600. The molecule has 0 amide bonds. The fourth-order valence-corrected chi connectivity index (χ4v) is 3.99. The Hall–Kier alpha value is -1.29. The quantitative estimate of drug-likeness (QED) is 0.448. The van der Waals surface area contributed by atoms with E-state index in [1.54, 1.807) is 6.92 Å². The first kappa shape index (κ1) is 20.8. The number of hydrogen-bond acceptors (Lipinski definition) is 5. The van der Waals surface area contributed by atoms with Crippen molar-refractivity contribution in [2.75, 3.05) is 6.61 Å². The highest BCUT2D eigenvalue weighted by Gasteiger charge is 2.37. The van der Waals surface area contributed by atoms with Crippen LogP contribution in [0.2, 0.25) is 18.1 Å². The maximum atomic E-state index is 12.3. The minimum Gasteiger partial charge on any atom is -0.415 e. The van der Waals surface area contributed by atoms with Crippen molar-refractivity contribution in [2.24, 2.45) is 0 Å². The minimum atomic E-state index is -3.74. The number of nitro benzene ring substituents is 1. The molecule has 0 spiro atoms. The van der Waals surface area contributed by atoms with Gasteiger partial charge in [0.25, 0.3) is 5.69 Å². The molecular formula is C15H26N2O5SSi. The third-order valence-corrected chi connectivity index (χ3v) is 10.3. The van der Waals surface area contributed by atoms with Crippen LogP contribution in [0.15, 0.2) is 29.2 Å². The zero-order chi connectivity index (χ0) is 18.8. The van der Waals surface area contributed by atoms with Crippen LogP contribution in [0, 0.1) is 10.1 Å². The summed E-state index contributed by atoms with van der Waals surface area (Å²) in [5, 5.41) is 10.7. The van der Waals surface area contributed by atoms with Gasteiger partial charge in [-0.05, 0) is 37.2 Å². The molecule has 0 aliphatic rings. The summed E-state index contributed by atoms with van der Waals surface area (Å²) in [5.74, 6) is 0. The van der Waals surface area contributed by atoms with Crippen molar-refractivity contribution >= 4 is 24.0 Å². The van der Waals surface area contributed by atoms with Crippen molar-refractivity contribution in [2.45, 2.75) is 56.8 Å². The highest BCUT2D eigenvalue weighted by molar-refractivity contribution is 7.89. The molecule has 1 N–H and O–H groups in total. The Bertz CT molecular complexity index is 681. The van der Waals surface area contributed by atoms with Gasteiger partial charge in [0.2, 0.25) is 10.0 Å². The van der Waals surface area contributed by atoms with Crippen LogP contribution in [0.25, 0.3) is 0 Å². The van der Waals surface area contributed by atoms with Crippen LogP contribution in [0.5, 0.6) is 0 Å². The molecule has 1 aromatic rings. The topological polar surface area (TPSA) is 98.5 Å². The number of rotatable bonds is 7. The molecule has 0 saturated heterocycles. The average Bonchev–Trinajstić information content (AvgIpc) is 2.43. The van der Waals surface area contributed by atoms with Crippen molar-refractivity contribution in [3.8, 4) is 0 Å². The Balaban J connectivity index is 2.75. The zero-order valence-electron chi connectivity index (χ0n) is 15.0. The van der Waals surface area contributed by atoms with E-state index in [4.69, 9.17) is 4.43 Å². The number of benzene rings is 1. The lowest BCUT2D eigenvalue weighted by Crippen LogP contribution is -2.45. The van der Waals surface area contributed by atoms with E-state index < -0.39 is 29.3 Å². The maximum absolute atomic E-state index is 12.3. The number of sulfonamides is 1. The second kappa shape index (κ2) is 7.30. The summed E-state index contributed by atoms with van der Waals surface area (Å²) in [7, 11) is -5.69. The number of non-ortho nitro benzene ring substituents is 1. The molecular weight excluding hydrogens is 348 g/mol. The average molecular weight is 375 g/mol. The van der Waals surface area contributed by atoms with Crippen LogP contribution in [-0.2, 0) is 14.4 Å². The summed E-state index contributed by atoms with van der Waals surface area (Å²) in [6, 6.07) is 4.39. The van der Waals surface area contributed by atoms with Gasteiger partial charge in [0.1, 0.15) is 0 Å². The fourth-order valence-electron chi connectivity index (χ4n) is 1.66. The van der Waals surface area contributed by atoms with Crippen molar-refractivity contribution in [3.63, 3.8) is 0 Å². The van der Waals surface area contributed by atoms with Crippen LogP contribution < -0.4 is 4.72 Å². The summed E-state index contributed by atoms with van der Waals surface area (Å²) >= 11 is 0. The second-order valence-corrected chi connectivity index (χ2v) is 13.9. The van der Waals surface area contributed by atoms with Gasteiger partial charge in [0.05, 0.1) is 16.4 Å². The predicted octanol–water partition coefficient (Wildman–Crippen LogP) is 3.28. The van der Waals surface area contributed by atoms with E-state index in [0.29, 0.717) is 0 Å². The molecule has 0 heterocycles. The Kier molecular flexibility index (Phi) is 6.31. The van der Waals surface area contributed by atoms with E-state index in [0.717, 1.165) is 0 Å². The van der Waals surface area contributed by atoms with Gasteiger partial charge in [0, 0.05) is 18.2 Å². The van der Waals surface area contributed by atoms with Crippen molar-refractivity contribution in [1.29, 1.82) is 0 Å². The lowest BCUT2D eigenvalue weighted by molar-refractivity contribution is -0.384. The largest absolute Gasteiger partial charge is 0.415 e. The summed E-state index contributed by atoms with van der Waals surface area (Å²) in [4.78, 5) is 10.1. The van der Waals surface area contributed by atoms with Crippen LogP contribution in [0.3, 0.4) is 0 Å². The standard InChI is InChI=1S/C15H26N2O5SSi/c1-12(11-22-24(5,6)15(2,3)4)16-23(20,21)14-9-7-13(8-10-14)17(18)19/h7-10,12,16H,11H2,1-6H3/t12-/m1/s1. The van der Waals surface area contributed by atoms with Gasteiger partial charge >= 0.3 is 0 Å². The van der Waals surface area contributed by atoms with Gasteiger partial charge in [-0.25, -0.2) is 13.1 Å². The van der Waals surface area contributed by atoms with Gasteiger partial charge in [-0.1, -0.05) is 20.8 Å². The third-order valence-electron chi connectivity index (χ3n) is 4.21. The van der Waals surface area contributed by atoms with E-state index >= 15 is 0 Å². The van der Waals surface area contributed by atoms with E-state index in [2.05, 4.69) is 38.6 Å². The lowest BCUT2D eigenvalue weighted by Gasteiger charge is -2.37. The molecule has 1 rings (SSSR count). The highest BCUT2D eigenvalue weighted by Crippen LogP contribution is 2.36. The minimum absolute atomic E-state index is 0.00715. The Labute approximate surface area is 144 Å². The lowest BCUT2D eigenvalue weighted by atomic mass is 10.2. The number of hydrogen-bond donors (Lipinski definition) is 1. The second-order valence-electron chi connectivity index (χ2n) is 7.34. The van der Waals surface area contributed by atoms with Gasteiger partial charge in [0.15, 0.2) is 8.32 Å². The maximum Gasteiger partial charge on any atom is 0.269 e. The Morgan fingerprint density at radius 3 is 2.17 bits per heavy atom. The highest BCUT2D eigenvalue weighted by atomic mass is 32.2. The third kappa shape index (κ3) is 5.37. The normalized spacial score (nSPS) is 14.4. The molecule has 0 bridgehead atoms. The number of nitrogens with one attached hydrogen (secondary N) is 1. The monoisotopic (exact) mass is 374 g/mol. The van der Waals surface area contributed by atoms with Crippen LogP contribution in [0.4, 0.5) is 5.69 Å². The molecule has 9 heteroatoms. The molecule has 0 fully saturated rings. The van der Waals surface area contributed by atoms with E-state index in [1.165, 1.54) is 24.3 Å². The molecule has 0 aromatic heterocycles. The molecule has 0 aliphatic heterocycles. The van der Waals surface area contributed by atoms with Gasteiger partial charge in [-0.2, -0.15) is 0 Å².